The number of hydrogen-bond acceptors (Lipinski definition) is 4. The molecule has 0 spiro atoms. The van der Waals surface area contributed by atoms with Crippen molar-refractivity contribution in [1.82, 2.24) is 5.32 Å². The van der Waals surface area contributed by atoms with Gasteiger partial charge in [0.1, 0.15) is 5.75 Å². The maximum absolute atomic E-state index is 11.7. The number of carbonyl (C=O) groups is 1. The summed E-state index contributed by atoms with van der Waals surface area (Å²) in [4.78, 5) is 11.7. The summed E-state index contributed by atoms with van der Waals surface area (Å²) in [5.41, 5.74) is 0.764. The summed E-state index contributed by atoms with van der Waals surface area (Å²) < 4.78 is 27.6. The van der Waals surface area contributed by atoms with Gasteiger partial charge in [0, 0.05) is 6.54 Å². The highest BCUT2D eigenvalue weighted by Gasteiger charge is 2.07. The third-order valence-corrected chi connectivity index (χ3v) is 3.78. The molecule has 1 amide bonds. The van der Waals surface area contributed by atoms with Crippen LogP contribution in [-0.2, 0) is 21.4 Å². The Morgan fingerprint density at radius 3 is 2.27 bits per heavy atom. The highest BCUT2D eigenvalue weighted by atomic mass is 32.2. The summed E-state index contributed by atoms with van der Waals surface area (Å²) in [7, 11) is -3.70. The zero-order valence-electron chi connectivity index (χ0n) is 11.7. The molecule has 2 rings (SSSR count). The number of para-hydroxylation sites is 1. The molecule has 3 N–H and O–H groups in total. The molecule has 0 aliphatic carbocycles. The second kappa shape index (κ2) is 7.06. The predicted octanol–water partition coefficient (Wildman–Crippen LogP) is 1.03. The van der Waals surface area contributed by atoms with Crippen molar-refractivity contribution in [1.29, 1.82) is 0 Å². The van der Waals surface area contributed by atoms with E-state index in [0.29, 0.717) is 5.75 Å². The largest absolute Gasteiger partial charge is 0.484 e. The normalized spacial score (nSPS) is 11.0. The quantitative estimate of drug-likeness (QED) is 0.830. The third-order valence-electron chi connectivity index (χ3n) is 2.85. The lowest BCUT2D eigenvalue weighted by atomic mass is 10.2. The summed E-state index contributed by atoms with van der Waals surface area (Å²) >= 11 is 0. The van der Waals surface area contributed by atoms with Crippen LogP contribution in [0.2, 0.25) is 0 Å². The topological polar surface area (TPSA) is 98.5 Å². The molecule has 0 fully saturated rings. The first-order valence-electron chi connectivity index (χ1n) is 6.51. The van der Waals surface area contributed by atoms with Crippen LogP contribution >= 0.6 is 0 Å². The van der Waals surface area contributed by atoms with Gasteiger partial charge in [-0.05, 0) is 29.8 Å². The van der Waals surface area contributed by atoms with E-state index in [4.69, 9.17) is 9.88 Å². The summed E-state index contributed by atoms with van der Waals surface area (Å²) in [6, 6.07) is 15.0. The van der Waals surface area contributed by atoms with E-state index in [1.54, 1.807) is 24.3 Å². The molecule has 2 aromatic rings. The molecule has 0 aliphatic rings. The van der Waals surface area contributed by atoms with Crippen molar-refractivity contribution in [3.05, 3.63) is 60.2 Å². The molecule has 2 aromatic carbocycles. The minimum atomic E-state index is -3.70. The van der Waals surface area contributed by atoms with Crippen LogP contribution in [0, 0.1) is 0 Å². The van der Waals surface area contributed by atoms with Crippen molar-refractivity contribution >= 4 is 15.9 Å². The van der Waals surface area contributed by atoms with Crippen molar-refractivity contribution in [2.45, 2.75) is 11.4 Å². The van der Waals surface area contributed by atoms with Crippen LogP contribution in [0.3, 0.4) is 0 Å². The van der Waals surface area contributed by atoms with Crippen LogP contribution in [0.5, 0.6) is 5.75 Å². The maximum Gasteiger partial charge on any atom is 0.258 e. The van der Waals surface area contributed by atoms with E-state index in [2.05, 4.69) is 5.32 Å². The predicted molar refractivity (Wildman–Crippen MR) is 81.6 cm³/mol. The third kappa shape index (κ3) is 4.87. The van der Waals surface area contributed by atoms with E-state index in [1.807, 2.05) is 18.2 Å². The van der Waals surface area contributed by atoms with E-state index in [-0.39, 0.29) is 24.0 Å². The number of primary sulfonamides is 1. The van der Waals surface area contributed by atoms with Crippen molar-refractivity contribution in [3.8, 4) is 5.75 Å². The second-order valence-electron chi connectivity index (χ2n) is 4.57. The number of nitrogens with one attached hydrogen (secondary N) is 1. The minimum absolute atomic E-state index is 0.0370. The van der Waals surface area contributed by atoms with E-state index in [0.717, 1.165) is 5.56 Å². The first kappa shape index (κ1) is 16.0. The fourth-order valence-electron chi connectivity index (χ4n) is 1.71. The average Bonchev–Trinajstić information content (AvgIpc) is 2.51. The molecule has 0 saturated heterocycles. The monoisotopic (exact) mass is 320 g/mol. The van der Waals surface area contributed by atoms with E-state index >= 15 is 0 Å². The van der Waals surface area contributed by atoms with E-state index in [9.17, 15) is 13.2 Å². The summed E-state index contributed by atoms with van der Waals surface area (Å²) in [6.07, 6.45) is 0. The molecule has 116 valence electrons. The molecule has 0 unspecified atom stereocenters. The number of benzene rings is 2. The maximum atomic E-state index is 11.7. The van der Waals surface area contributed by atoms with Crippen molar-refractivity contribution < 1.29 is 17.9 Å². The van der Waals surface area contributed by atoms with Gasteiger partial charge in [0.15, 0.2) is 6.61 Å². The number of rotatable bonds is 6. The van der Waals surface area contributed by atoms with Crippen LogP contribution in [0.25, 0.3) is 0 Å². The van der Waals surface area contributed by atoms with Gasteiger partial charge in [-0.3, -0.25) is 4.79 Å². The average molecular weight is 320 g/mol. The molecule has 0 bridgehead atoms. The Bertz CT molecular complexity index is 728. The molecule has 6 nitrogen and oxygen atoms in total. The number of sulfonamides is 1. The van der Waals surface area contributed by atoms with Crippen molar-refractivity contribution in [2.75, 3.05) is 6.61 Å². The Morgan fingerprint density at radius 1 is 1.05 bits per heavy atom. The summed E-state index contributed by atoms with van der Waals surface area (Å²) in [5, 5.41) is 7.69. The molecule has 0 saturated carbocycles. The van der Waals surface area contributed by atoms with E-state index < -0.39 is 10.0 Å². The highest BCUT2D eigenvalue weighted by Crippen LogP contribution is 2.09. The lowest BCUT2D eigenvalue weighted by Gasteiger charge is -2.08. The Morgan fingerprint density at radius 2 is 1.68 bits per heavy atom. The SMILES string of the molecule is NS(=O)(=O)c1ccc(CNC(=O)COc2ccccc2)cc1. The summed E-state index contributed by atoms with van der Waals surface area (Å²) in [6.45, 7) is 0.196. The Hall–Kier alpha value is -2.38. The van der Waals surface area contributed by atoms with Gasteiger partial charge in [-0.2, -0.15) is 0 Å². The van der Waals surface area contributed by atoms with Gasteiger partial charge in [-0.15, -0.1) is 0 Å². The zero-order chi connectivity index (χ0) is 16.0. The van der Waals surface area contributed by atoms with Crippen LogP contribution in [-0.4, -0.2) is 20.9 Å². The van der Waals surface area contributed by atoms with Gasteiger partial charge >= 0.3 is 0 Å². The van der Waals surface area contributed by atoms with Gasteiger partial charge in [0.05, 0.1) is 4.90 Å². The molecule has 0 atom stereocenters. The Balaban J connectivity index is 1.81. The Labute approximate surface area is 129 Å². The fraction of sp³-hybridized carbons (Fsp3) is 0.133. The van der Waals surface area contributed by atoms with Gasteiger partial charge in [0.2, 0.25) is 10.0 Å². The van der Waals surface area contributed by atoms with Crippen LogP contribution in [0.4, 0.5) is 0 Å². The van der Waals surface area contributed by atoms with Crippen molar-refractivity contribution in [3.63, 3.8) is 0 Å². The minimum Gasteiger partial charge on any atom is -0.484 e. The van der Waals surface area contributed by atoms with Gasteiger partial charge in [0.25, 0.3) is 5.91 Å². The molecule has 22 heavy (non-hydrogen) atoms. The first-order chi connectivity index (χ1) is 10.4. The molecule has 0 aromatic heterocycles. The summed E-state index contributed by atoms with van der Waals surface area (Å²) in [5.74, 6) is 0.356. The molecule has 7 heteroatoms. The highest BCUT2D eigenvalue weighted by molar-refractivity contribution is 7.89. The fourth-order valence-corrected chi connectivity index (χ4v) is 2.23. The van der Waals surface area contributed by atoms with Gasteiger partial charge < -0.3 is 10.1 Å². The van der Waals surface area contributed by atoms with E-state index in [1.165, 1.54) is 12.1 Å². The molecule has 0 aliphatic heterocycles. The number of carbonyl (C=O) groups excluding carboxylic acids is 1. The Kier molecular flexibility index (Phi) is 5.13. The number of ether oxygens (including phenoxy) is 1. The second-order valence-corrected chi connectivity index (χ2v) is 6.13. The van der Waals surface area contributed by atoms with Gasteiger partial charge in [-0.1, -0.05) is 30.3 Å². The smallest absolute Gasteiger partial charge is 0.258 e. The number of hydrogen-bond donors (Lipinski definition) is 2. The zero-order valence-corrected chi connectivity index (χ0v) is 12.5. The number of amides is 1. The number of nitrogens with two attached hydrogens (primary N) is 1. The van der Waals surface area contributed by atoms with Crippen molar-refractivity contribution in [2.24, 2.45) is 5.14 Å². The van der Waals surface area contributed by atoms with Crippen LogP contribution < -0.4 is 15.2 Å². The molecule has 0 heterocycles. The molecular formula is C15H16N2O4S. The van der Waals surface area contributed by atoms with Gasteiger partial charge in [-0.25, -0.2) is 13.6 Å². The molecular weight excluding hydrogens is 304 g/mol. The first-order valence-corrected chi connectivity index (χ1v) is 8.06. The van der Waals surface area contributed by atoms with Crippen LogP contribution in [0.15, 0.2) is 59.5 Å². The molecule has 0 radical (unpaired) electrons. The lowest BCUT2D eigenvalue weighted by molar-refractivity contribution is -0.123. The lowest BCUT2D eigenvalue weighted by Crippen LogP contribution is -2.28. The standard InChI is InChI=1S/C15H16N2O4S/c16-22(19,20)14-8-6-12(7-9-14)10-17-15(18)11-21-13-4-2-1-3-5-13/h1-9H,10-11H2,(H,17,18)(H2,16,19,20). The van der Waals surface area contributed by atoms with Crippen LogP contribution in [0.1, 0.15) is 5.56 Å².